The molecule has 0 aromatic carbocycles. The van der Waals surface area contributed by atoms with E-state index < -0.39 is 0 Å². The lowest BCUT2D eigenvalue weighted by Gasteiger charge is -2.19. The molecule has 3 aliphatic rings. The summed E-state index contributed by atoms with van der Waals surface area (Å²) in [5, 5.41) is 7.34. The molecule has 4 heteroatoms. The van der Waals surface area contributed by atoms with Gasteiger partial charge in [-0.05, 0) is 49.5 Å². The number of amides is 1. The van der Waals surface area contributed by atoms with E-state index in [1.54, 1.807) is 6.20 Å². The zero-order chi connectivity index (χ0) is 13.7. The van der Waals surface area contributed by atoms with Crippen LogP contribution in [0.2, 0.25) is 0 Å². The number of aryl methyl sites for hydroxylation is 1. The van der Waals surface area contributed by atoms with E-state index in [4.69, 9.17) is 0 Å². The van der Waals surface area contributed by atoms with Crippen LogP contribution in [-0.4, -0.2) is 22.2 Å². The van der Waals surface area contributed by atoms with Gasteiger partial charge in [0.25, 0.3) is 0 Å². The molecule has 1 amide bonds. The third-order valence-electron chi connectivity index (χ3n) is 5.61. The van der Waals surface area contributed by atoms with Crippen LogP contribution in [-0.2, 0) is 11.3 Å². The van der Waals surface area contributed by atoms with E-state index in [2.05, 4.69) is 22.6 Å². The fourth-order valence-corrected chi connectivity index (χ4v) is 4.32. The molecule has 2 fully saturated rings. The van der Waals surface area contributed by atoms with Gasteiger partial charge in [-0.3, -0.25) is 9.48 Å². The number of carbonyl (C=O) groups excluding carboxylic acids is 1. The van der Waals surface area contributed by atoms with Gasteiger partial charge in [-0.25, -0.2) is 0 Å². The number of nitrogens with one attached hydrogen (secondary N) is 1. The molecule has 3 unspecified atom stereocenters. The van der Waals surface area contributed by atoms with Crippen LogP contribution in [0.15, 0.2) is 24.4 Å². The predicted molar refractivity (Wildman–Crippen MR) is 75.9 cm³/mol. The first-order chi connectivity index (χ1) is 9.71. The van der Waals surface area contributed by atoms with Crippen LogP contribution in [0.1, 0.15) is 25.0 Å². The average Bonchev–Trinajstić information content (AvgIpc) is 2.94. The Labute approximate surface area is 119 Å². The van der Waals surface area contributed by atoms with Crippen molar-refractivity contribution in [2.75, 3.05) is 6.54 Å². The van der Waals surface area contributed by atoms with Gasteiger partial charge in [0, 0.05) is 24.4 Å². The second-order valence-electron chi connectivity index (χ2n) is 6.58. The number of hydrogen-bond acceptors (Lipinski definition) is 2. The van der Waals surface area contributed by atoms with Crippen LogP contribution in [0.3, 0.4) is 0 Å². The molecule has 3 aliphatic carbocycles. The maximum absolute atomic E-state index is 12.4. The molecular weight excluding hydrogens is 250 g/mol. The molecule has 4 nitrogen and oxygen atoms in total. The Kier molecular flexibility index (Phi) is 2.56. The van der Waals surface area contributed by atoms with Crippen molar-refractivity contribution in [2.45, 2.75) is 32.7 Å². The monoisotopic (exact) mass is 271 g/mol. The maximum atomic E-state index is 12.4. The van der Waals surface area contributed by atoms with Gasteiger partial charge in [-0.1, -0.05) is 12.2 Å². The standard InChI is InChI=1S/C16H21N3O/c1-11-4-7-18-19(11)9-8-17-15(20)13-10-12-2-3-14(13)16(12)5-6-16/h2-4,7,12-14H,5-6,8-10H2,1H3,(H,17,20). The first-order valence-corrected chi connectivity index (χ1v) is 7.65. The van der Waals surface area contributed by atoms with Crippen molar-refractivity contribution in [3.63, 3.8) is 0 Å². The lowest BCUT2D eigenvalue weighted by atomic mass is 9.88. The highest BCUT2D eigenvalue weighted by molar-refractivity contribution is 5.80. The molecule has 20 heavy (non-hydrogen) atoms. The molecule has 4 rings (SSSR count). The van der Waals surface area contributed by atoms with Gasteiger partial charge in [0.05, 0.1) is 6.54 Å². The summed E-state index contributed by atoms with van der Waals surface area (Å²) in [7, 11) is 0. The molecule has 2 bridgehead atoms. The average molecular weight is 271 g/mol. The molecule has 1 N–H and O–H groups in total. The summed E-state index contributed by atoms with van der Waals surface area (Å²) in [6.07, 6.45) is 10.2. The van der Waals surface area contributed by atoms with Crippen LogP contribution in [0.5, 0.6) is 0 Å². The van der Waals surface area contributed by atoms with Gasteiger partial charge in [0.15, 0.2) is 0 Å². The largest absolute Gasteiger partial charge is 0.354 e. The minimum Gasteiger partial charge on any atom is -0.354 e. The van der Waals surface area contributed by atoms with Crippen molar-refractivity contribution in [2.24, 2.45) is 23.2 Å². The summed E-state index contributed by atoms with van der Waals surface area (Å²) in [6.45, 7) is 3.46. The van der Waals surface area contributed by atoms with Gasteiger partial charge in [0.2, 0.25) is 5.91 Å². The second kappa shape index (κ2) is 4.21. The minimum absolute atomic E-state index is 0.214. The number of nitrogens with zero attached hydrogens (tertiary/aromatic N) is 2. The first-order valence-electron chi connectivity index (χ1n) is 7.65. The Hall–Kier alpha value is -1.58. The molecule has 1 aromatic heterocycles. The van der Waals surface area contributed by atoms with Crippen molar-refractivity contribution < 1.29 is 4.79 Å². The topological polar surface area (TPSA) is 46.9 Å². The highest BCUT2D eigenvalue weighted by Crippen LogP contribution is 2.70. The second-order valence-corrected chi connectivity index (χ2v) is 6.58. The van der Waals surface area contributed by atoms with Gasteiger partial charge in [-0.2, -0.15) is 5.10 Å². The number of hydrogen-bond donors (Lipinski definition) is 1. The summed E-state index contributed by atoms with van der Waals surface area (Å²) >= 11 is 0. The van der Waals surface area contributed by atoms with E-state index in [0.717, 1.165) is 18.7 Å². The van der Waals surface area contributed by atoms with Crippen LogP contribution in [0.25, 0.3) is 0 Å². The van der Waals surface area contributed by atoms with Crippen molar-refractivity contribution >= 4 is 5.91 Å². The van der Waals surface area contributed by atoms with E-state index in [1.165, 1.54) is 12.8 Å². The van der Waals surface area contributed by atoms with Crippen molar-refractivity contribution in [3.05, 3.63) is 30.1 Å². The summed E-state index contributed by atoms with van der Waals surface area (Å²) in [6, 6.07) is 1.99. The quantitative estimate of drug-likeness (QED) is 0.850. The molecule has 2 saturated carbocycles. The molecule has 106 valence electrons. The van der Waals surface area contributed by atoms with Crippen molar-refractivity contribution in [1.82, 2.24) is 15.1 Å². The number of allylic oxidation sites excluding steroid dienone is 2. The third-order valence-corrected chi connectivity index (χ3v) is 5.61. The van der Waals surface area contributed by atoms with Gasteiger partial charge < -0.3 is 5.32 Å². The van der Waals surface area contributed by atoms with Crippen LogP contribution < -0.4 is 5.32 Å². The molecule has 0 aliphatic heterocycles. The van der Waals surface area contributed by atoms with Gasteiger partial charge in [0.1, 0.15) is 0 Å². The third kappa shape index (κ3) is 1.67. The summed E-state index contributed by atoms with van der Waals surface area (Å²) in [5.41, 5.74) is 1.64. The predicted octanol–water partition coefficient (Wildman–Crippen LogP) is 1.91. The molecule has 1 aromatic rings. The highest BCUT2D eigenvalue weighted by atomic mass is 16.1. The van der Waals surface area contributed by atoms with Gasteiger partial charge in [-0.15, -0.1) is 0 Å². The zero-order valence-electron chi connectivity index (χ0n) is 11.9. The van der Waals surface area contributed by atoms with E-state index in [1.807, 2.05) is 17.7 Å². The van der Waals surface area contributed by atoms with Crippen molar-refractivity contribution in [1.29, 1.82) is 0 Å². The number of rotatable bonds is 4. The zero-order valence-corrected chi connectivity index (χ0v) is 11.9. The van der Waals surface area contributed by atoms with Crippen LogP contribution in [0, 0.1) is 30.1 Å². The molecule has 1 spiro atoms. The Balaban J connectivity index is 1.33. The number of aromatic nitrogens is 2. The lowest BCUT2D eigenvalue weighted by molar-refractivity contribution is -0.125. The number of carbonyl (C=O) groups is 1. The summed E-state index contributed by atoms with van der Waals surface area (Å²) in [5.74, 6) is 1.65. The van der Waals surface area contributed by atoms with E-state index in [9.17, 15) is 4.79 Å². The Morgan fingerprint density at radius 3 is 3.00 bits per heavy atom. The summed E-state index contributed by atoms with van der Waals surface area (Å²) in [4.78, 5) is 12.4. The van der Waals surface area contributed by atoms with Crippen molar-refractivity contribution in [3.8, 4) is 0 Å². The first kappa shape index (κ1) is 12.2. The summed E-state index contributed by atoms with van der Waals surface area (Å²) < 4.78 is 1.93. The smallest absolute Gasteiger partial charge is 0.223 e. The normalized spacial score (nSPS) is 31.9. The van der Waals surface area contributed by atoms with E-state index in [0.29, 0.717) is 23.8 Å². The highest BCUT2D eigenvalue weighted by Gasteiger charge is 2.63. The minimum atomic E-state index is 0.214. The SMILES string of the molecule is Cc1ccnn1CCNC(=O)C1CC2C=CC1C21CC1. The fraction of sp³-hybridized carbons (Fsp3) is 0.625. The van der Waals surface area contributed by atoms with E-state index >= 15 is 0 Å². The van der Waals surface area contributed by atoms with Gasteiger partial charge >= 0.3 is 0 Å². The maximum Gasteiger partial charge on any atom is 0.223 e. The molecule has 3 atom stereocenters. The Morgan fingerprint density at radius 2 is 2.35 bits per heavy atom. The Bertz CT molecular complexity index is 570. The molecule has 0 radical (unpaired) electrons. The molecular formula is C16H21N3O. The lowest BCUT2D eigenvalue weighted by Crippen LogP contribution is -2.35. The molecule has 0 saturated heterocycles. The van der Waals surface area contributed by atoms with Crippen LogP contribution in [0.4, 0.5) is 0 Å². The van der Waals surface area contributed by atoms with Crippen LogP contribution >= 0.6 is 0 Å². The molecule has 1 heterocycles. The van der Waals surface area contributed by atoms with E-state index in [-0.39, 0.29) is 11.8 Å². The Morgan fingerprint density at radius 1 is 1.50 bits per heavy atom. The fourth-order valence-electron chi connectivity index (χ4n) is 4.32.